The first kappa shape index (κ1) is 9.35. The van der Waals surface area contributed by atoms with Crippen molar-refractivity contribution < 1.29 is 0 Å². The zero-order valence-corrected chi connectivity index (χ0v) is 8.31. The van der Waals surface area contributed by atoms with Crippen LogP contribution in [-0.4, -0.2) is 9.97 Å². The molecule has 0 unspecified atom stereocenters. The van der Waals surface area contributed by atoms with Crippen LogP contribution in [0.15, 0.2) is 36.5 Å². The number of nitriles is 1. The number of nitrogens with zero attached hydrogens (tertiary/aromatic N) is 3. The van der Waals surface area contributed by atoms with Gasteiger partial charge in [-0.2, -0.15) is 5.26 Å². The van der Waals surface area contributed by atoms with E-state index in [0.29, 0.717) is 17.1 Å². The van der Waals surface area contributed by atoms with Crippen molar-refractivity contribution >= 4 is 0 Å². The van der Waals surface area contributed by atoms with E-state index < -0.39 is 0 Å². The first-order valence-corrected chi connectivity index (χ1v) is 4.60. The maximum absolute atomic E-state index is 8.75. The zero-order valence-electron chi connectivity index (χ0n) is 8.31. The number of hydrogen-bond donors (Lipinski definition) is 0. The summed E-state index contributed by atoms with van der Waals surface area (Å²) in [5, 5.41) is 8.75. The Kier molecular flexibility index (Phi) is 2.42. The summed E-state index contributed by atoms with van der Waals surface area (Å²) < 4.78 is 0. The molecular weight excluding hydrogens is 186 g/mol. The van der Waals surface area contributed by atoms with Crippen molar-refractivity contribution in [1.82, 2.24) is 9.97 Å². The summed E-state index contributed by atoms with van der Waals surface area (Å²) in [4.78, 5) is 8.43. The van der Waals surface area contributed by atoms with Crippen LogP contribution < -0.4 is 0 Å². The normalized spacial score (nSPS) is 9.60. The molecule has 72 valence electrons. The van der Waals surface area contributed by atoms with E-state index in [4.69, 9.17) is 5.26 Å². The quantitative estimate of drug-likeness (QED) is 0.701. The lowest BCUT2D eigenvalue weighted by atomic mass is 10.2. The van der Waals surface area contributed by atoms with Gasteiger partial charge >= 0.3 is 0 Å². The van der Waals surface area contributed by atoms with Crippen LogP contribution in [-0.2, 0) is 0 Å². The Morgan fingerprint density at radius 3 is 2.53 bits per heavy atom. The van der Waals surface area contributed by atoms with Crippen LogP contribution in [0.1, 0.15) is 11.3 Å². The molecule has 0 radical (unpaired) electrons. The van der Waals surface area contributed by atoms with Gasteiger partial charge in [-0.05, 0) is 6.92 Å². The van der Waals surface area contributed by atoms with Crippen LogP contribution in [0.25, 0.3) is 11.4 Å². The summed E-state index contributed by atoms with van der Waals surface area (Å²) in [6, 6.07) is 11.8. The van der Waals surface area contributed by atoms with Gasteiger partial charge in [0.25, 0.3) is 0 Å². The molecule has 2 rings (SSSR count). The zero-order chi connectivity index (χ0) is 10.7. The number of rotatable bonds is 1. The molecule has 0 N–H and O–H groups in total. The van der Waals surface area contributed by atoms with Gasteiger partial charge in [0.2, 0.25) is 0 Å². The Bertz CT molecular complexity index is 512. The molecule has 0 spiro atoms. The van der Waals surface area contributed by atoms with Gasteiger partial charge in [0.05, 0.1) is 11.3 Å². The maximum Gasteiger partial charge on any atom is 0.159 e. The van der Waals surface area contributed by atoms with E-state index in [0.717, 1.165) is 5.56 Å². The van der Waals surface area contributed by atoms with Gasteiger partial charge in [0.1, 0.15) is 6.07 Å². The molecule has 1 aromatic carbocycles. The fraction of sp³-hybridized carbons (Fsp3) is 0.0833. The first-order chi connectivity index (χ1) is 7.31. The van der Waals surface area contributed by atoms with Crippen LogP contribution >= 0.6 is 0 Å². The third kappa shape index (κ3) is 1.84. The Morgan fingerprint density at radius 2 is 1.93 bits per heavy atom. The maximum atomic E-state index is 8.75. The van der Waals surface area contributed by atoms with Crippen LogP contribution in [0.3, 0.4) is 0 Å². The summed E-state index contributed by atoms with van der Waals surface area (Å²) in [6.07, 6.45) is 1.56. The standard InChI is InChI=1S/C12H9N3/c1-9-11(7-13)8-14-12(15-9)10-5-3-2-4-6-10/h2-6,8H,1H3. The Hall–Kier alpha value is -2.21. The topological polar surface area (TPSA) is 49.6 Å². The number of aryl methyl sites for hydroxylation is 1. The molecule has 0 aliphatic rings. The summed E-state index contributed by atoms with van der Waals surface area (Å²) in [5.41, 5.74) is 2.20. The summed E-state index contributed by atoms with van der Waals surface area (Å²) in [7, 11) is 0. The van der Waals surface area contributed by atoms with Gasteiger partial charge in [-0.25, -0.2) is 9.97 Å². The van der Waals surface area contributed by atoms with Crippen molar-refractivity contribution in [3.05, 3.63) is 47.8 Å². The molecule has 0 atom stereocenters. The second kappa shape index (κ2) is 3.89. The molecule has 0 aliphatic heterocycles. The lowest BCUT2D eigenvalue weighted by molar-refractivity contribution is 1.09. The molecular formula is C12H9N3. The highest BCUT2D eigenvalue weighted by Crippen LogP contribution is 2.14. The summed E-state index contributed by atoms with van der Waals surface area (Å²) in [5.74, 6) is 0.659. The van der Waals surface area contributed by atoms with E-state index in [1.165, 1.54) is 0 Å². The predicted molar refractivity (Wildman–Crippen MR) is 56.9 cm³/mol. The number of aromatic nitrogens is 2. The van der Waals surface area contributed by atoms with E-state index in [2.05, 4.69) is 9.97 Å². The van der Waals surface area contributed by atoms with E-state index >= 15 is 0 Å². The van der Waals surface area contributed by atoms with Gasteiger partial charge < -0.3 is 0 Å². The van der Waals surface area contributed by atoms with Gasteiger partial charge in [0, 0.05) is 11.8 Å². The molecule has 1 aromatic heterocycles. The van der Waals surface area contributed by atoms with Crippen molar-refractivity contribution in [3.8, 4) is 17.5 Å². The third-order valence-corrected chi connectivity index (χ3v) is 2.13. The van der Waals surface area contributed by atoms with E-state index in [9.17, 15) is 0 Å². The van der Waals surface area contributed by atoms with Crippen LogP contribution in [0.2, 0.25) is 0 Å². The van der Waals surface area contributed by atoms with Crippen LogP contribution in [0.4, 0.5) is 0 Å². The largest absolute Gasteiger partial charge is 0.235 e. The molecule has 0 saturated heterocycles. The number of benzene rings is 1. The van der Waals surface area contributed by atoms with Crippen molar-refractivity contribution in [2.75, 3.05) is 0 Å². The molecule has 3 heteroatoms. The fourth-order valence-corrected chi connectivity index (χ4v) is 1.30. The Labute approximate surface area is 88.1 Å². The molecule has 3 nitrogen and oxygen atoms in total. The molecule has 1 heterocycles. The minimum Gasteiger partial charge on any atom is -0.235 e. The summed E-state index contributed by atoms with van der Waals surface area (Å²) in [6.45, 7) is 1.81. The van der Waals surface area contributed by atoms with E-state index in [1.807, 2.05) is 43.3 Å². The van der Waals surface area contributed by atoms with Crippen molar-refractivity contribution in [1.29, 1.82) is 5.26 Å². The van der Waals surface area contributed by atoms with E-state index in [1.54, 1.807) is 6.20 Å². The monoisotopic (exact) mass is 195 g/mol. The molecule has 0 amide bonds. The second-order valence-electron chi connectivity index (χ2n) is 3.17. The molecule has 0 fully saturated rings. The Balaban J connectivity index is 2.49. The lowest BCUT2D eigenvalue weighted by Gasteiger charge is -2.01. The minimum atomic E-state index is 0.523. The highest BCUT2D eigenvalue weighted by atomic mass is 14.9. The smallest absolute Gasteiger partial charge is 0.159 e. The van der Waals surface area contributed by atoms with Gasteiger partial charge in [-0.3, -0.25) is 0 Å². The summed E-state index contributed by atoms with van der Waals surface area (Å²) >= 11 is 0. The molecule has 0 bridgehead atoms. The third-order valence-electron chi connectivity index (χ3n) is 2.13. The van der Waals surface area contributed by atoms with Crippen molar-refractivity contribution in [3.63, 3.8) is 0 Å². The lowest BCUT2D eigenvalue weighted by Crippen LogP contribution is -1.94. The van der Waals surface area contributed by atoms with Crippen molar-refractivity contribution in [2.45, 2.75) is 6.92 Å². The predicted octanol–water partition coefficient (Wildman–Crippen LogP) is 2.32. The molecule has 15 heavy (non-hydrogen) atoms. The highest BCUT2D eigenvalue weighted by Gasteiger charge is 2.03. The average molecular weight is 195 g/mol. The van der Waals surface area contributed by atoms with Crippen LogP contribution in [0, 0.1) is 18.3 Å². The molecule has 0 saturated carbocycles. The SMILES string of the molecule is Cc1nc(-c2ccccc2)ncc1C#N. The molecule has 2 aromatic rings. The first-order valence-electron chi connectivity index (χ1n) is 4.60. The van der Waals surface area contributed by atoms with Gasteiger partial charge in [-0.15, -0.1) is 0 Å². The Morgan fingerprint density at radius 1 is 1.20 bits per heavy atom. The van der Waals surface area contributed by atoms with Gasteiger partial charge in [-0.1, -0.05) is 30.3 Å². The van der Waals surface area contributed by atoms with E-state index in [-0.39, 0.29) is 0 Å². The van der Waals surface area contributed by atoms with Crippen LogP contribution in [0.5, 0.6) is 0 Å². The second-order valence-corrected chi connectivity index (χ2v) is 3.17. The minimum absolute atomic E-state index is 0.523. The molecule has 0 aliphatic carbocycles. The fourth-order valence-electron chi connectivity index (χ4n) is 1.30. The van der Waals surface area contributed by atoms with Crippen molar-refractivity contribution in [2.24, 2.45) is 0 Å². The highest BCUT2D eigenvalue weighted by molar-refractivity contribution is 5.55. The van der Waals surface area contributed by atoms with Gasteiger partial charge in [0.15, 0.2) is 5.82 Å². The number of hydrogen-bond acceptors (Lipinski definition) is 3. The average Bonchev–Trinajstić information content (AvgIpc) is 2.30.